The average molecular weight is 441 g/mol. The van der Waals surface area contributed by atoms with Crippen LogP contribution in [-0.4, -0.2) is 10.2 Å². The van der Waals surface area contributed by atoms with Crippen molar-refractivity contribution in [3.05, 3.63) is 142 Å². The molecule has 0 saturated heterocycles. The van der Waals surface area contributed by atoms with Crippen LogP contribution in [0.25, 0.3) is 0 Å². The van der Waals surface area contributed by atoms with Crippen LogP contribution in [0.3, 0.4) is 0 Å². The number of hydrogen-bond donors (Lipinski definition) is 2. The maximum Gasteiger partial charge on any atom is 0.178 e. The largest absolute Gasteiger partial charge is 0.369 e. The van der Waals surface area contributed by atoms with Gasteiger partial charge in [0, 0.05) is 33.4 Å². The van der Waals surface area contributed by atoms with Gasteiger partial charge in [0.05, 0.1) is 0 Å². The highest BCUT2D eigenvalue weighted by molar-refractivity contribution is 5.68. The minimum atomic E-state index is -1.60. The van der Waals surface area contributed by atoms with Gasteiger partial charge in [-0.25, -0.2) is 0 Å². The summed E-state index contributed by atoms with van der Waals surface area (Å²) in [4.78, 5) is 0. The van der Waals surface area contributed by atoms with Crippen molar-refractivity contribution < 1.29 is 10.2 Å². The average Bonchev–Trinajstić information content (AvgIpc) is 2.88. The maximum absolute atomic E-state index is 12.2. The van der Waals surface area contributed by atoms with Crippen LogP contribution >= 0.6 is 0 Å². The first-order chi connectivity index (χ1) is 16.4. The Hall–Kier alpha value is -4.08. The third kappa shape index (κ3) is 3.51. The van der Waals surface area contributed by atoms with Crippen LogP contribution in [0, 0.1) is 37.5 Å². The van der Waals surface area contributed by atoms with Crippen molar-refractivity contribution in [1.82, 2.24) is 0 Å². The van der Waals surface area contributed by atoms with E-state index in [4.69, 9.17) is 0 Å². The summed E-state index contributed by atoms with van der Waals surface area (Å²) in [6, 6.07) is 30.5. The van der Waals surface area contributed by atoms with Gasteiger partial charge in [-0.3, -0.25) is 0 Å². The number of benzene rings is 4. The first kappa shape index (κ1) is 21.7. The second-order valence-electron chi connectivity index (χ2n) is 8.65. The van der Waals surface area contributed by atoms with Gasteiger partial charge in [0.15, 0.2) is 11.2 Å². The van der Waals surface area contributed by atoms with E-state index in [-0.39, 0.29) is 0 Å². The van der Waals surface area contributed by atoms with E-state index in [2.05, 4.69) is 23.7 Å². The molecular formula is C32H24O2. The van der Waals surface area contributed by atoms with E-state index >= 15 is 0 Å². The van der Waals surface area contributed by atoms with E-state index in [1.165, 1.54) is 0 Å². The molecule has 4 aromatic rings. The maximum atomic E-state index is 12.2. The van der Waals surface area contributed by atoms with Crippen LogP contribution in [0.2, 0.25) is 0 Å². The minimum absolute atomic E-state index is 0.546. The lowest BCUT2D eigenvalue weighted by Gasteiger charge is -2.41. The lowest BCUT2D eigenvalue weighted by atomic mass is 9.65. The zero-order valence-electron chi connectivity index (χ0n) is 19.1. The molecular weight excluding hydrogens is 416 g/mol. The second-order valence-corrected chi connectivity index (χ2v) is 8.65. The summed E-state index contributed by atoms with van der Waals surface area (Å²) in [6.45, 7) is 3.87. The lowest BCUT2D eigenvalue weighted by molar-refractivity contribution is 0.0933. The summed E-state index contributed by atoms with van der Waals surface area (Å²) in [5.74, 6) is 12.6. The summed E-state index contributed by atoms with van der Waals surface area (Å²) >= 11 is 0. The Kier molecular flexibility index (Phi) is 5.35. The van der Waals surface area contributed by atoms with Crippen molar-refractivity contribution in [2.75, 3.05) is 0 Å². The Morgan fingerprint density at radius 2 is 0.853 bits per heavy atom. The SMILES string of the molecule is Cc1ccc(C)c2c1[C@](O)(C#Cc1ccccc1)c1ccccc1[C@@]2(O)C#Cc1ccccc1. The Morgan fingerprint density at radius 1 is 0.500 bits per heavy atom. The Bertz CT molecular complexity index is 1380. The quantitative estimate of drug-likeness (QED) is 0.370. The molecule has 2 heteroatoms. The third-order valence-electron chi connectivity index (χ3n) is 6.38. The van der Waals surface area contributed by atoms with Gasteiger partial charge in [0.1, 0.15) is 0 Å². The zero-order valence-corrected chi connectivity index (χ0v) is 19.1. The predicted octanol–water partition coefficient (Wildman–Crippen LogP) is 5.19. The predicted molar refractivity (Wildman–Crippen MR) is 135 cm³/mol. The minimum Gasteiger partial charge on any atom is -0.369 e. The van der Waals surface area contributed by atoms with Crippen molar-refractivity contribution in [1.29, 1.82) is 0 Å². The summed E-state index contributed by atoms with van der Waals surface area (Å²) in [5.41, 5.74) is 2.40. The number of aryl methyl sites for hydroxylation is 2. The lowest BCUT2D eigenvalue weighted by Crippen LogP contribution is -2.43. The highest BCUT2D eigenvalue weighted by Crippen LogP contribution is 2.49. The van der Waals surface area contributed by atoms with Crippen molar-refractivity contribution in [2.45, 2.75) is 25.0 Å². The Morgan fingerprint density at radius 3 is 1.24 bits per heavy atom. The normalized spacial score (nSPS) is 20.1. The molecule has 0 fully saturated rings. The second kappa shape index (κ2) is 8.36. The first-order valence-corrected chi connectivity index (χ1v) is 11.3. The monoisotopic (exact) mass is 440 g/mol. The molecule has 4 aromatic carbocycles. The molecule has 1 aliphatic rings. The number of aliphatic hydroxyl groups is 2. The molecule has 0 bridgehead atoms. The van der Waals surface area contributed by atoms with Crippen LogP contribution in [0.4, 0.5) is 0 Å². The summed E-state index contributed by atoms with van der Waals surface area (Å²) in [6.07, 6.45) is 0. The van der Waals surface area contributed by atoms with E-state index < -0.39 is 11.2 Å². The highest BCUT2D eigenvalue weighted by Gasteiger charge is 2.49. The first-order valence-electron chi connectivity index (χ1n) is 11.3. The van der Waals surface area contributed by atoms with E-state index in [9.17, 15) is 10.2 Å². The smallest absolute Gasteiger partial charge is 0.178 e. The van der Waals surface area contributed by atoms with E-state index in [0.29, 0.717) is 22.3 Å². The molecule has 0 spiro atoms. The van der Waals surface area contributed by atoms with Crippen molar-refractivity contribution in [3.63, 3.8) is 0 Å². The van der Waals surface area contributed by atoms with Crippen molar-refractivity contribution in [3.8, 4) is 23.7 Å². The molecule has 0 amide bonds. The molecule has 1 aliphatic carbocycles. The van der Waals surface area contributed by atoms with E-state index in [0.717, 1.165) is 22.3 Å². The van der Waals surface area contributed by atoms with Crippen LogP contribution in [0.5, 0.6) is 0 Å². The van der Waals surface area contributed by atoms with Gasteiger partial charge < -0.3 is 10.2 Å². The molecule has 2 nitrogen and oxygen atoms in total. The summed E-state index contributed by atoms with van der Waals surface area (Å²) in [5, 5.41) is 24.5. The van der Waals surface area contributed by atoms with Crippen molar-refractivity contribution in [2.24, 2.45) is 0 Å². The van der Waals surface area contributed by atoms with Gasteiger partial charge in [0.2, 0.25) is 0 Å². The molecule has 34 heavy (non-hydrogen) atoms. The fourth-order valence-electron chi connectivity index (χ4n) is 4.75. The van der Waals surface area contributed by atoms with Crippen molar-refractivity contribution >= 4 is 0 Å². The molecule has 0 unspecified atom stereocenters. The molecule has 2 atom stereocenters. The van der Waals surface area contributed by atoms with Gasteiger partial charge in [-0.15, -0.1) is 0 Å². The van der Waals surface area contributed by atoms with E-state index in [1.54, 1.807) is 0 Å². The molecule has 2 N–H and O–H groups in total. The zero-order chi connectivity index (χ0) is 23.8. The topological polar surface area (TPSA) is 40.5 Å². The number of fused-ring (bicyclic) bond motifs is 2. The highest BCUT2D eigenvalue weighted by atomic mass is 16.3. The molecule has 0 aliphatic heterocycles. The van der Waals surface area contributed by atoms with Gasteiger partial charge >= 0.3 is 0 Å². The summed E-state index contributed by atoms with van der Waals surface area (Å²) in [7, 11) is 0. The fraction of sp³-hybridized carbons (Fsp3) is 0.125. The van der Waals surface area contributed by atoms with Crippen LogP contribution in [0.15, 0.2) is 97.1 Å². The fourth-order valence-corrected chi connectivity index (χ4v) is 4.75. The van der Waals surface area contributed by atoms with Gasteiger partial charge in [-0.1, -0.05) is 96.5 Å². The van der Waals surface area contributed by atoms with Crippen LogP contribution in [-0.2, 0) is 11.2 Å². The molecule has 0 heterocycles. The Balaban J connectivity index is 1.82. The Labute approximate surface area is 200 Å². The molecule has 0 saturated carbocycles. The third-order valence-corrected chi connectivity index (χ3v) is 6.38. The van der Waals surface area contributed by atoms with Crippen LogP contribution < -0.4 is 0 Å². The van der Waals surface area contributed by atoms with Gasteiger partial charge in [-0.05, 0) is 49.2 Å². The van der Waals surface area contributed by atoms with Gasteiger partial charge in [-0.2, -0.15) is 0 Å². The molecule has 164 valence electrons. The molecule has 5 rings (SSSR count). The summed E-state index contributed by atoms with van der Waals surface area (Å²) < 4.78 is 0. The van der Waals surface area contributed by atoms with Gasteiger partial charge in [0.25, 0.3) is 0 Å². The number of rotatable bonds is 0. The standard InChI is InChI=1S/C32H24O2/c1-23-17-18-24(2)30-29(23)31(33,21-19-25-11-5-3-6-12-25)27-15-9-10-16-28(27)32(30,34)22-20-26-13-7-4-8-14-26/h3-18,33-34H,1-2H3/t31-,32-/m0/s1. The molecule has 0 aromatic heterocycles. The molecule has 0 radical (unpaired) electrons. The van der Waals surface area contributed by atoms with Crippen LogP contribution in [0.1, 0.15) is 44.5 Å². The number of hydrogen-bond acceptors (Lipinski definition) is 2. The van der Waals surface area contributed by atoms with E-state index in [1.807, 2.05) is 111 Å².